The molecular weight excluding hydrogens is 420 g/mol. The van der Waals surface area contributed by atoms with Crippen LogP contribution in [0.3, 0.4) is 0 Å². The van der Waals surface area contributed by atoms with Crippen LogP contribution in [0.25, 0.3) is 0 Å². The summed E-state index contributed by atoms with van der Waals surface area (Å²) in [5.41, 5.74) is 5.65. The second-order valence-corrected chi connectivity index (χ2v) is 7.94. The van der Waals surface area contributed by atoms with E-state index in [1.54, 1.807) is 6.92 Å². The summed E-state index contributed by atoms with van der Waals surface area (Å²) in [7, 11) is 0. The van der Waals surface area contributed by atoms with Gasteiger partial charge in [-0.15, -0.1) is 0 Å². The van der Waals surface area contributed by atoms with Gasteiger partial charge in [0, 0.05) is 5.75 Å². The number of thioether (sulfide) groups is 1. The highest BCUT2D eigenvalue weighted by Gasteiger charge is 2.32. The van der Waals surface area contributed by atoms with Crippen LogP contribution in [0.4, 0.5) is 0 Å². The first-order chi connectivity index (χ1) is 13.6. The standard InChI is InChI=1S/C17H32N4O6S2/c1-4-9(2)13(21-14(23)10(18)8-28)16(25)19-11(5-6-29-3)15(24)20-12(7-22)17(26)27/h9-13,22,28H,4-8,18H2,1-3H3,(H,19,25)(H,20,24)(H,21,23)(H,26,27). The third-order valence-electron chi connectivity index (χ3n) is 4.37. The Kier molecular flexibility index (Phi) is 13.7. The van der Waals surface area contributed by atoms with E-state index in [2.05, 4.69) is 28.6 Å². The Morgan fingerprint density at radius 1 is 1.07 bits per heavy atom. The number of aliphatic hydroxyl groups is 1. The predicted molar refractivity (Wildman–Crippen MR) is 115 cm³/mol. The van der Waals surface area contributed by atoms with Crippen molar-refractivity contribution in [2.75, 3.05) is 24.4 Å². The lowest BCUT2D eigenvalue weighted by atomic mass is 9.97. The monoisotopic (exact) mass is 452 g/mol. The quantitative estimate of drug-likeness (QED) is 0.157. The first-order valence-electron chi connectivity index (χ1n) is 9.22. The fourth-order valence-corrected chi connectivity index (χ4v) is 2.91. The fourth-order valence-electron chi connectivity index (χ4n) is 2.27. The third kappa shape index (κ3) is 9.70. The Hall–Kier alpha value is -1.50. The van der Waals surface area contributed by atoms with Gasteiger partial charge in [0.25, 0.3) is 0 Å². The second-order valence-electron chi connectivity index (χ2n) is 6.59. The molecule has 3 amide bonds. The Balaban J connectivity index is 5.37. The summed E-state index contributed by atoms with van der Waals surface area (Å²) < 4.78 is 0. The molecule has 7 N–H and O–H groups in total. The van der Waals surface area contributed by atoms with Gasteiger partial charge in [0.15, 0.2) is 0 Å². The molecule has 0 saturated carbocycles. The Morgan fingerprint density at radius 3 is 2.10 bits per heavy atom. The largest absolute Gasteiger partial charge is 0.480 e. The lowest BCUT2D eigenvalue weighted by molar-refractivity contribution is -0.143. The van der Waals surface area contributed by atoms with Crippen molar-refractivity contribution in [2.45, 2.75) is 50.9 Å². The smallest absolute Gasteiger partial charge is 0.328 e. The van der Waals surface area contributed by atoms with Crippen molar-refractivity contribution in [1.29, 1.82) is 0 Å². The number of thiol groups is 1. The van der Waals surface area contributed by atoms with Crippen LogP contribution in [-0.4, -0.2) is 82.4 Å². The molecule has 168 valence electrons. The average Bonchev–Trinajstić information content (AvgIpc) is 2.70. The Bertz CT molecular complexity index is 566. The molecule has 0 saturated heterocycles. The number of hydrogen-bond donors (Lipinski definition) is 7. The van der Waals surface area contributed by atoms with E-state index in [0.29, 0.717) is 12.2 Å². The van der Waals surface area contributed by atoms with Crippen molar-refractivity contribution < 1.29 is 29.4 Å². The van der Waals surface area contributed by atoms with Gasteiger partial charge in [-0.3, -0.25) is 14.4 Å². The van der Waals surface area contributed by atoms with E-state index >= 15 is 0 Å². The van der Waals surface area contributed by atoms with E-state index < -0.39 is 54.5 Å². The molecule has 0 aliphatic heterocycles. The molecule has 0 radical (unpaired) electrons. The summed E-state index contributed by atoms with van der Waals surface area (Å²) in [6.07, 6.45) is 2.65. The van der Waals surface area contributed by atoms with E-state index in [1.807, 2.05) is 13.2 Å². The molecule has 0 fully saturated rings. The summed E-state index contributed by atoms with van der Waals surface area (Å²) >= 11 is 5.42. The highest BCUT2D eigenvalue weighted by Crippen LogP contribution is 2.10. The first-order valence-corrected chi connectivity index (χ1v) is 11.3. The van der Waals surface area contributed by atoms with Gasteiger partial charge in [-0.2, -0.15) is 24.4 Å². The summed E-state index contributed by atoms with van der Waals surface area (Å²) in [5, 5.41) is 25.5. The van der Waals surface area contributed by atoms with Gasteiger partial charge in [0.05, 0.1) is 12.6 Å². The van der Waals surface area contributed by atoms with Crippen LogP contribution in [0.1, 0.15) is 26.7 Å². The van der Waals surface area contributed by atoms with Crippen molar-refractivity contribution in [1.82, 2.24) is 16.0 Å². The van der Waals surface area contributed by atoms with Crippen LogP contribution in [-0.2, 0) is 19.2 Å². The van der Waals surface area contributed by atoms with Crippen molar-refractivity contribution >= 4 is 48.1 Å². The topological polar surface area (TPSA) is 171 Å². The van der Waals surface area contributed by atoms with Crippen LogP contribution >= 0.6 is 24.4 Å². The summed E-state index contributed by atoms with van der Waals surface area (Å²) in [6, 6.07) is -4.30. The van der Waals surface area contributed by atoms with Gasteiger partial charge >= 0.3 is 5.97 Å². The number of nitrogens with two attached hydrogens (primary N) is 1. The van der Waals surface area contributed by atoms with E-state index in [9.17, 15) is 19.2 Å². The fraction of sp³-hybridized carbons (Fsp3) is 0.765. The molecule has 5 unspecified atom stereocenters. The molecular formula is C17H32N4O6S2. The van der Waals surface area contributed by atoms with Gasteiger partial charge in [0.2, 0.25) is 17.7 Å². The molecule has 0 spiro atoms. The van der Waals surface area contributed by atoms with Crippen molar-refractivity contribution in [3.05, 3.63) is 0 Å². The van der Waals surface area contributed by atoms with Gasteiger partial charge in [0.1, 0.15) is 18.1 Å². The zero-order valence-electron chi connectivity index (χ0n) is 16.9. The van der Waals surface area contributed by atoms with Crippen LogP contribution in [0.2, 0.25) is 0 Å². The minimum Gasteiger partial charge on any atom is -0.480 e. The first kappa shape index (κ1) is 27.5. The molecule has 0 aromatic rings. The lowest BCUT2D eigenvalue weighted by Crippen LogP contribution is -2.59. The number of carboxylic acid groups (broad SMARTS) is 1. The van der Waals surface area contributed by atoms with E-state index in [4.69, 9.17) is 15.9 Å². The van der Waals surface area contributed by atoms with Crippen LogP contribution in [0.5, 0.6) is 0 Å². The highest BCUT2D eigenvalue weighted by molar-refractivity contribution is 7.98. The molecule has 0 bridgehead atoms. The number of carbonyl (C=O) groups excluding carboxylic acids is 3. The number of hydrogen-bond acceptors (Lipinski definition) is 8. The normalized spacial score (nSPS) is 16.1. The lowest BCUT2D eigenvalue weighted by Gasteiger charge is -2.27. The predicted octanol–water partition coefficient (Wildman–Crippen LogP) is -1.43. The number of carbonyl (C=O) groups is 4. The molecule has 0 heterocycles. The average molecular weight is 453 g/mol. The molecule has 0 aromatic carbocycles. The zero-order chi connectivity index (χ0) is 22.6. The number of aliphatic carboxylic acids is 1. The molecule has 0 aliphatic rings. The minimum atomic E-state index is -1.48. The SMILES string of the molecule is CCC(C)C(NC(=O)C(N)CS)C(=O)NC(CCSC)C(=O)NC(CO)C(=O)O. The van der Waals surface area contributed by atoms with Gasteiger partial charge in [-0.1, -0.05) is 20.3 Å². The van der Waals surface area contributed by atoms with Crippen molar-refractivity contribution in [2.24, 2.45) is 11.7 Å². The molecule has 5 atom stereocenters. The van der Waals surface area contributed by atoms with E-state index in [-0.39, 0.29) is 18.1 Å². The third-order valence-corrected chi connectivity index (χ3v) is 5.40. The summed E-state index contributed by atoms with van der Waals surface area (Å²) in [6.45, 7) is 2.85. The number of nitrogens with one attached hydrogen (secondary N) is 3. The maximum Gasteiger partial charge on any atom is 0.328 e. The maximum atomic E-state index is 12.8. The number of amides is 3. The number of aliphatic hydroxyl groups excluding tert-OH is 1. The second kappa shape index (κ2) is 14.5. The van der Waals surface area contributed by atoms with E-state index in [0.717, 1.165) is 0 Å². The van der Waals surface area contributed by atoms with E-state index in [1.165, 1.54) is 11.8 Å². The molecule has 0 aliphatic carbocycles. The molecule has 29 heavy (non-hydrogen) atoms. The van der Waals surface area contributed by atoms with Crippen LogP contribution in [0, 0.1) is 5.92 Å². The Morgan fingerprint density at radius 2 is 1.66 bits per heavy atom. The van der Waals surface area contributed by atoms with Gasteiger partial charge in [-0.05, 0) is 24.3 Å². The number of carboxylic acids is 1. The highest BCUT2D eigenvalue weighted by atomic mass is 32.2. The summed E-state index contributed by atoms with van der Waals surface area (Å²) in [5.74, 6) is -2.82. The van der Waals surface area contributed by atoms with Gasteiger partial charge < -0.3 is 31.9 Å². The molecule has 0 aromatic heterocycles. The molecule has 12 heteroatoms. The zero-order valence-corrected chi connectivity index (χ0v) is 18.6. The summed E-state index contributed by atoms with van der Waals surface area (Å²) in [4.78, 5) is 48.5. The Labute approximate surface area is 180 Å². The molecule has 10 nitrogen and oxygen atoms in total. The van der Waals surface area contributed by atoms with Crippen molar-refractivity contribution in [3.63, 3.8) is 0 Å². The van der Waals surface area contributed by atoms with Crippen LogP contribution < -0.4 is 21.7 Å². The van der Waals surface area contributed by atoms with Crippen LogP contribution in [0.15, 0.2) is 0 Å². The van der Waals surface area contributed by atoms with Gasteiger partial charge in [-0.25, -0.2) is 4.79 Å². The van der Waals surface area contributed by atoms with Crippen molar-refractivity contribution in [3.8, 4) is 0 Å². The molecule has 0 rings (SSSR count). The minimum absolute atomic E-state index is 0.108. The number of rotatable bonds is 14. The maximum absolute atomic E-state index is 12.8.